The largest absolute Gasteiger partial charge is 0.0533 e. The van der Waals surface area contributed by atoms with Gasteiger partial charge in [0.05, 0.1) is 0 Å². The molecule has 83 valence electrons. The summed E-state index contributed by atoms with van der Waals surface area (Å²) >= 11 is 0. The molecule has 0 atom stereocenters. The summed E-state index contributed by atoms with van der Waals surface area (Å²) in [6.07, 6.45) is 17.4. The van der Waals surface area contributed by atoms with Gasteiger partial charge in [-0.1, -0.05) is 84.0 Å². The first-order chi connectivity index (χ1) is 6.93. The van der Waals surface area contributed by atoms with Gasteiger partial charge in [-0.05, 0) is 5.92 Å². The quantitative estimate of drug-likeness (QED) is 0.471. The summed E-state index contributed by atoms with van der Waals surface area (Å²) in [5, 5.41) is 0. The van der Waals surface area contributed by atoms with Crippen LogP contribution in [0.1, 0.15) is 77.0 Å². The lowest BCUT2D eigenvalue weighted by molar-refractivity contribution is 0.461. The van der Waals surface area contributed by atoms with Gasteiger partial charge in [0, 0.05) is 0 Å². The Balaban J connectivity index is 1.75. The van der Waals surface area contributed by atoms with Crippen LogP contribution < -0.4 is 0 Å². The van der Waals surface area contributed by atoms with Crippen LogP contribution in [0.5, 0.6) is 0 Å². The molecule has 1 saturated carbocycles. The fourth-order valence-corrected chi connectivity index (χ4v) is 2.62. The minimum Gasteiger partial charge on any atom is -0.0533 e. The third-order valence-electron chi connectivity index (χ3n) is 3.59. The first-order valence-electron chi connectivity index (χ1n) is 6.72. The van der Waals surface area contributed by atoms with E-state index in [1.165, 1.54) is 70.6 Å². The van der Waals surface area contributed by atoms with E-state index in [0.717, 1.165) is 12.3 Å². The zero-order valence-corrected chi connectivity index (χ0v) is 9.77. The predicted molar refractivity (Wildman–Crippen MR) is 64.3 cm³/mol. The molecular weight excluding hydrogens is 168 g/mol. The van der Waals surface area contributed by atoms with Crippen molar-refractivity contribution in [3.8, 4) is 0 Å². The Morgan fingerprint density at radius 2 is 1.36 bits per heavy atom. The van der Waals surface area contributed by atoms with Crippen molar-refractivity contribution in [3.63, 3.8) is 0 Å². The van der Waals surface area contributed by atoms with Crippen LogP contribution in [0.2, 0.25) is 0 Å². The molecule has 0 saturated heterocycles. The molecule has 14 heavy (non-hydrogen) atoms. The zero-order valence-electron chi connectivity index (χ0n) is 9.77. The maximum absolute atomic E-state index is 3.87. The van der Waals surface area contributed by atoms with Crippen molar-refractivity contribution in [2.24, 2.45) is 5.92 Å². The topological polar surface area (TPSA) is 0 Å². The molecule has 1 fully saturated rings. The minimum atomic E-state index is 1.11. The van der Waals surface area contributed by atoms with Crippen molar-refractivity contribution in [3.05, 3.63) is 6.92 Å². The van der Waals surface area contributed by atoms with Gasteiger partial charge in [-0.25, -0.2) is 0 Å². The summed E-state index contributed by atoms with van der Waals surface area (Å²) in [6.45, 7) is 3.87. The fourth-order valence-electron chi connectivity index (χ4n) is 2.62. The third-order valence-corrected chi connectivity index (χ3v) is 3.59. The van der Waals surface area contributed by atoms with Gasteiger partial charge in [-0.15, -0.1) is 0 Å². The highest BCUT2D eigenvalue weighted by molar-refractivity contribution is 4.66. The van der Waals surface area contributed by atoms with Crippen molar-refractivity contribution < 1.29 is 0 Å². The maximum Gasteiger partial charge on any atom is -0.0414 e. The second kappa shape index (κ2) is 8.32. The standard InChI is InChI=1S/C14H27/c1-2-3-4-5-6-7-8-11-14-12-9-10-13-14/h14H,1-13H2. The molecule has 0 aliphatic heterocycles. The van der Waals surface area contributed by atoms with Crippen LogP contribution in [0.3, 0.4) is 0 Å². The molecule has 0 spiro atoms. The van der Waals surface area contributed by atoms with Crippen LogP contribution in [0, 0.1) is 12.8 Å². The van der Waals surface area contributed by atoms with Crippen LogP contribution in [0.15, 0.2) is 0 Å². The molecule has 0 bridgehead atoms. The average Bonchev–Trinajstić information content (AvgIpc) is 2.69. The third kappa shape index (κ3) is 5.67. The van der Waals surface area contributed by atoms with E-state index >= 15 is 0 Å². The molecule has 0 aromatic rings. The van der Waals surface area contributed by atoms with Crippen molar-refractivity contribution in [1.82, 2.24) is 0 Å². The smallest absolute Gasteiger partial charge is 0.0414 e. The minimum absolute atomic E-state index is 1.11. The molecule has 0 N–H and O–H groups in total. The molecule has 0 aromatic heterocycles. The predicted octanol–water partition coefficient (Wildman–Crippen LogP) is 5.13. The Bertz CT molecular complexity index is 111. The van der Waals surface area contributed by atoms with Crippen LogP contribution in [-0.4, -0.2) is 0 Å². The average molecular weight is 195 g/mol. The number of hydrogen-bond acceptors (Lipinski definition) is 0. The summed E-state index contributed by atoms with van der Waals surface area (Å²) in [5.74, 6) is 1.11. The highest BCUT2D eigenvalue weighted by Crippen LogP contribution is 2.29. The van der Waals surface area contributed by atoms with Crippen molar-refractivity contribution >= 4 is 0 Å². The van der Waals surface area contributed by atoms with Crippen molar-refractivity contribution in [1.29, 1.82) is 0 Å². The molecule has 0 aromatic carbocycles. The maximum atomic E-state index is 3.87. The molecule has 0 heterocycles. The summed E-state index contributed by atoms with van der Waals surface area (Å²) in [4.78, 5) is 0. The van der Waals surface area contributed by atoms with E-state index in [1.807, 2.05) is 0 Å². The monoisotopic (exact) mass is 195 g/mol. The molecule has 1 aliphatic rings. The lowest BCUT2D eigenvalue weighted by Crippen LogP contribution is -1.92. The van der Waals surface area contributed by atoms with Gasteiger partial charge >= 0.3 is 0 Å². The Morgan fingerprint density at radius 1 is 0.786 bits per heavy atom. The van der Waals surface area contributed by atoms with E-state index in [0.29, 0.717) is 0 Å². The lowest BCUT2D eigenvalue weighted by atomic mass is 9.99. The van der Waals surface area contributed by atoms with Gasteiger partial charge in [0.2, 0.25) is 0 Å². The van der Waals surface area contributed by atoms with Gasteiger partial charge in [0.1, 0.15) is 0 Å². The van der Waals surface area contributed by atoms with Gasteiger partial charge in [-0.2, -0.15) is 0 Å². The molecule has 1 aliphatic carbocycles. The molecule has 0 nitrogen and oxygen atoms in total. The van der Waals surface area contributed by atoms with Gasteiger partial charge in [0.25, 0.3) is 0 Å². The summed E-state index contributed by atoms with van der Waals surface area (Å²) in [7, 11) is 0. The van der Waals surface area contributed by atoms with Crippen LogP contribution in [-0.2, 0) is 0 Å². The zero-order chi connectivity index (χ0) is 10.1. The molecule has 0 heteroatoms. The lowest BCUT2D eigenvalue weighted by Gasteiger charge is -2.07. The fraction of sp³-hybridized carbons (Fsp3) is 0.929. The number of hydrogen-bond donors (Lipinski definition) is 0. The van der Waals surface area contributed by atoms with Gasteiger partial charge in [0.15, 0.2) is 0 Å². The number of unbranched alkanes of at least 4 members (excludes halogenated alkanes) is 6. The van der Waals surface area contributed by atoms with Gasteiger partial charge < -0.3 is 0 Å². The van der Waals surface area contributed by atoms with Crippen molar-refractivity contribution in [2.75, 3.05) is 0 Å². The SMILES string of the molecule is [CH2]CCCCCCCCC1CCCC1. The second-order valence-electron chi connectivity index (χ2n) is 4.91. The van der Waals surface area contributed by atoms with Crippen LogP contribution in [0.4, 0.5) is 0 Å². The molecule has 0 unspecified atom stereocenters. The Kier molecular flexibility index (Phi) is 7.17. The first-order valence-corrected chi connectivity index (χ1v) is 6.72. The van der Waals surface area contributed by atoms with E-state index in [1.54, 1.807) is 0 Å². The second-order valence-corrected chi connectivity index (χ2v) is 4.91. The number of rotatable bonds is 8. The molecule has 1 radical (unpaired) electrons. The Hall–Kier alpha value is 0. The molecule has 0 amide bonds. The van der Waals surface area contributed by atoms with Crippen LogP contribution in [0.25, 0.3) is 0 Å². The molecule has 1 rings (SSSR count). The van der Waals surface area contributed by atoms with Gasteiger partial charge in [-0.3, -0.25) is 0 Å². The normalized spacial score (nSPS) is 17.8. The van der Waals surface area contributed by atoms with E-state index in [2.05, 4.69) is 6.92 Å². The molecular formula is C14H27. The van der Waals surface area contributed by atoms with E-state index in [9.17, 15) is 0 Å². The van der Waals surface area contributed by atoms with E-state index in [-0.39, 0.29) is 0 Å². The summed E-state index contributed by atoms with van der Waals surface area (Å²) in [5.41, 5.74) is 0. The highest BCUT2D eigenvalue weighted by Gasteiger charge is 2.13. The first kappa shape index (κ1) is 12.1. The Morgan fingerprint density at radius 3 is 2.00 bits per heavy atom. The highest BCUT2D eigenvalue weighted by atomic mass is 14.2. The Labute approximate surface area is 90.5 Å². The van der Waals surface area contributed by atoms with Crippen LogP contribution >= 0.6 is 0 Å². The van der Waals surface area contributed by atoms with Crippen molar-refractivity contribution in [2.45, 2.75) is 77.0 Å². The van der Waals surface area contributed by atoms with E-state index in [4.69, 9.17) is 0 Å². The summed E-state index contributed by atoms with van der Waals surface area (Å²) < 4.78 is 0. The van der Waals surface area contributed by atoms with E-state index < -0.39 is 0 Å². The summed E-state index contributed by atoms with van der Waals surface area (Å²) in [6, 6.07) is 0.